The van der Waals surface area contributed by atoms with Crippen molar-refractivity contribution in [1.82, 2.24) is 15.6 Å². The summed E-state index contributed by atoms with van der Waals surface area (Å²) in [5, 5.41) is 25.6. The van der Waals surface area contributed by atoms with E-state index in [0.717, 1.165) is 34.9 Å². The fourth-order valence-corrected chi connectivity index (χ4v) is 3.94. The highest BCUT2D eigenvalue weighted by Gasteiger charge is 2.27. The van der Waals surface area contributed by atoms with Crippen molar-refractivity contribution in [3.05, 3.63) is 65.9 Å². The number of aromatic hydroxyl groups is 1. The quantitative estimate of drug-likeness (QED) is 0.206. The monoisotopic (exact) mass is 480 g/mol. The zero-order chi connectivity index (χ0) is 25.2. The molecule has 0 aliphatic carbocycles. The van der Waals surface area contributed by atoms with Crippen molar-refractivity contribution in [3.8, 4) is 5.75 Å². The Bertz CT molecular complexity index is 1140. The Morgan fingerprint density at radius 3 is 2.37 bits per heavy atom. The van der Waals surface area contributed by atoms with E-state index in [2.05, 4.69) is 15.6 Å². The number of amides is 2. The van der Waals surface area contributed by atoms with E-state index in [0.29, 0.717) is 13.0 Å². The van der Waals surface area contributed by atoms with Crippen LogP contribution < -0.4 is 16.4 Å². The van der Waals surface area contributed by atoms with E-state index in [4.69, 9.17) is 5.73 Å². The predicted molar refractivity (Wildman–Crippen MR) is 133 cm³/mol. The SMILES string of the molecule is NCCCCCC(=O)N[C@@H](Cc1ccc(O)cc1)C(=O)N[C@@H](Cc1c[nH]c2ccccc12)C(=O)O. The summed E-state index contributed by atoms with van der Waals surface area (Å²) in [5.41, 5.74) is 7.86. The van der Waals surface area contributed by atoms with Crippen LogP contribution in [0.1, 0.15) is 36.8 Å². The number of H-pyrrole nitrogens is 1. The van der Waals surface area contributed by atoms with Gasteiger partial charge in [-0.15, -0.1) is 0 Å². The third-order valence-electron chi connectivity index (χ3n) is 5.85. The highest BCUT2D eigenvalue weighted by molar-refractivity contribution is 5.91. The van der Waals surface area contributed by atoms with Crippen LogP contribution in [0.2, 0.25) is 0 Å². The molecule has 0 bridgehead atoms. The lowest BCUT2D eigenvalue weighted by atomic mass is 10.0. The number of phenols is 1. The summed E-state index contributed by atoms with van der Waals surface area (Å²) in [7, 11) is 0. The minimum Gasteiger partial charge on any atom is -0.508 e. The molecule has 9 nitrogen and oxygen atoms in total. The Labute approximate surface area is 203 Å². The Morgan fingerprint density at radius 2 is 1.66 bits per heavy atom. The fourth-order valence-electron chi connectivity index (χ4n) is 3.94. The minimum atomic E-state index is -1.18. The summed E-state index contributed by atoms with van der Waals surface area (Å²) in [5.74, 6) is -1.95. The van der Waals surface area contributed by atoms with Gasteiger partial charge in [0.1, 0.15) is 17.8 Å². The van der Waals surface area contributed by atoms with E-state index in [1.54, 1.807) is 18.3 Å². The zero-order valence-corrected chi connectivity index (χ0v) is 19.5. The van der Waals surface area contributed by atoms with Crippen molar-refractivity contribution < 1.29 is 24.6 Å². The maximum absolute atomic E-state index is 13.2. The summed E-state index contributed by atoms with van der Waals surface area (Å²) in [4.78, 5) is 40.8. The molecule has 186 valence electrons. The van der Waals surface area contributed by atoms with Crippen LogP contribution in [0.5, 0.6) is 5.75 Å². The summed E-state index contributed by atoms with van der Waals surface area (Å²) in [6.07, 6.45) is 4.50. The number of rotatable bonds is 13. The van der Waals surface area contributed by atoms with Crippen molar-refractivity contribution in [2.75, 3.05) is 6.54 Å². The number of aromatic nitrogens is 1. The molecule has 3 aromatic rings. The first-order valence-electron chi connectivity index (χ1n) is 11.7. The summed E-state index contributed by atoms with van der Waals surface area (Å²) >= 11 is 0. The average Bonchev–Trinajstić information content (AvgIpc) is 3.25. The molecule has 2 amide bonds. The summed E-state index contributed by atoms with van der Waals surface area (Å²) in [6.45, 7) is 0.556. The lowest BCUT2D eigenvalue weighted by Gasteiger charge is -2.22. The van der Waals surface area contributed by atoms with Gasteiger partial charge in [0.2, 0.25) is 11.8 Å². The Balaban J connectivity index is 1.72. The number of hydrogen-bond acceptors (Lipinski definition) is 5. The lowest BCUT2D eigenvalue weighted by Crippen LogP contribution is -2.53. The van der Waals surface area contributed by atoms with Gasteiger partial charge in [-0.2, -0.15) is 0 Å². The Morgan fingerprint density at radius 1 is 0.914 bits per heavy atom. The molecule has 1 heterocycles. The molecular weight excluding hydrogens is 448 g/mol. The summed E-state index contributed by atoms with van der Waals surface area (Å²) < 4.78 is 0. The molecule has 9 heteroatoms. The first-order chi connectivity index (χ1) is 16.9. The van der Waals surface area contributed by atoms with Gasteiger partial charge in [0.25, 0.3) is 0 Å². The van der Waals surface area contributed by atoms with Gasteiger partial charge in [0.05, 0.1) is 0 Å². The number of phenolic OH excluding ortho intramolecular Hbond substituents is 1. The minimum absolute atomic E-state index is 0.0864. The molecule has 7 N–H and O–H groups in total. The number of carbonyl (C=O) groups is 3. The number of hydrogen-bond donors (Lipinski definition) is 6. The molecule has 1 aromatic heterocycles. The molecule has 0 aliphatic heterocycles. The van der Waals surface area contributed by atoms with Crippen LogP contribution in [0.25, 0.3) is 10.9 Å². The fraction of sp³-hybridized carbons (Fsp3) is 0.346. The van der Waals surface area contributed by atoms with E-state index in [1.807, 2.05) is 24.3 Å². The third kappa shape index (κ3) is 7.58. The smallest absolute Gasteiger partial charge is 0.326 e. The Hall–Kier alpha value is -3.85. The van der Waals surface area contributed by atoms with Gasteiger partial charge in [-0.1, -0.05) is 36.8 Å². The van der Waals surface area contributed by atoms with E-state index in [9.17, 15) is 24.6 Å². The van der Waals surface area contributed by atoms with Gasteiger partial charge < -0.3 is 31.6 Å². The number of nitrogens with two attached hydrogens (primary N) is 1. The molecule has 35 heavy (non-hydrogen) atoms. The first-order valence-corrected chi connectivity index (χ1v) is 11.7. The number of unbranched alkanes of at least 4 members (excludes halogenated alkanes) is 2. The molecule has 3 rings (SSSR count). The molecule has 0 saturated heterocycles. The Kier molecular flexibility index (Phi) is 9.25. The number of para-hydroxylation sites is 1. The van der Waals surface area contributed by atoms with Gasteiger partial charge in [0.15, 0.2) is 0 Å². The van der Waals surface area contributed by atoms with Crippen LogP contribution >= 0.6 is 0 Å². The molecule has 2 aromatic carbocycles. The molecule has 0 unspecified atom stereocenters. The van der Waals surface area contributed by atoms with Crippen LogP contribution in [0.15, 0.2) is 54.7 Å². The highest BCUT2D eigenvalue weighted by Crippen LogP contribution is 2.19. The largest absolute Gasteiger partial charge is 0.508 e. The van der Waals surface area contributed by atoms with Gasteiger partial charge in [-0.25, -0.2) is 4.79 Å². The number of carboxylic acids is 1. The van der Waals surface area contributed by atoms with E-state index in [1.165, 1.54) is 12.1 Å². The van der Waals surface area contributed by atoms with Crippen molar-refractivity contribution >= 4 is 28.7 Å². The van der Waals surface area contributed by atoms with Crippen molar-refractivity contribution in [1.29, 1.82) is 0 Å². The first kappa shape index (κ1) is 25.8. The van der Waals surface area contributed by atoms with Crippen molar-refractivity contribution in [3.63, 3.8) is 0 Å². The highest BCUT2D eigenvalue weighted by atomic mass is 16.4. The van der Waals surface area contributed by atoms with Gasteiger partial charge in [-0.05, 0) is 48.7 Å². The number of aromatic amines is 1. The maximum Gasteiger partial charge on any atom is 0.326 e. The molecule has 0 radical (unpaired) electrons. The maximum atomic E-state index is 13.2. The van der Waals surface area contributed by atoms with Gasteiger partial charge in [0, 0.05) is 36.4 Å². The van der Waals surface area contributed by atoms with Crippen molar-refractivity contribution in [2.45, 2.75) is 50.6 Å². The van der Waals surface area contributed by atoms with Crippen LogP contribution in [0.3, 0.4) is 0 Å². The van der Waals surface area contributed by atoms with E-state index >= 15 is 0 Å². The van der Waals surface area contributed by atoms with Crippen molar-refractivity contribution in [2.24, 2.45) is 5.73 Å². The molecule has 0 fully saturated rings. The number of aliphatic carboxylic acids is 1. The zero-order valence-electron chi connectivity index (χ0n) is 19.5. The molecule has 0 aliphatic rings. The number of benzene rings is 2. The van der Waals surface area contributed by atoms with Gasteiger partial charge >= 0.3 is 5.97 Å². The summed E-state index contributed by atoms with van der Waals surface area (Å²) in [6, 6.07) is 11.7. The van der Waals surface area contributed by atoms with Crippen LogP contribution in [-0.4, -0.2) is 51.6 Å². The van der Waals surface area contributed by atoms with E-state index < -0.39 is 24.0 Å². The predicted octanol–water partition coefficient (Wildman–Crippen LogP) is 2.23. The molecule has 0 spiro atoms. The average molecular weight is 481 g/mol. The number of fused-ring (bicyclic) bond motifs is 1. The molecule has 2 atom stereocenters. The van der Waals surface area contributed by atoms with Crippen LogP contribution in [-0.2, 0) is 27.2 Å². The second kappa shape index (κ2) is 12.6. The van der Waals surface area contributed by atoms with Gasteiger partial charge in [-0.3, -0.25) is 9.59 Å². The topological polar surface area (TPSA) is 158 Å². The number of carboxylic acid groups (broad SMARTS) is 1. The third-order valence-corrected chi connectivity index (χ3v) is 5.85. The second-order valence-corrected chi connectivity index (χ2v) is 8.55. The number of nitrogens with one attached hydrogen (secondary N) is 3. The van der Waals surface area contributed by atoms with Crippen LogP contribution in [0.4, 0.5) is 0 Å². The molecular formula is C26H32N4O5. The lowest BCUT2D eigenvalue weighted by molar-refractivity contribution is -0.142. The standard InChI is InChI=1S/C26H32N4O5/c27-13-5-1-2-8-24(32)29-22(14-17-9-11-19(31)12-10-17)25(33)30-23(26(34)35)15-18-16-28-21-7-4-3-6-20(18)21/h3-4,6-7,9-12,16,22-23,28,31H,1-2,5,8,13-15,27H2,(H,29,32)(H,30,33)(H,34,35)/t22-,23-/m0/s1. The molecule has 0 saturated carbocycles. The van der Waals surface area contributed by atoms with Crippen LogP contribution in [0, 0.1) is 0 Å². The van der Waals surface area contributed by atoms with E-state index in [-0.39, 0.29) is 30.9 Å². The second-order valence-electron chi connectivity index (χ2n) is 8.55. The normalized spacial score (nSPS) is 12.7. The number of carbonyl (C=O) groups excluding carboxylic acids is 2.